The van der Waals surface area contributed by atoms with Gasteiger partial charge < -0.3 is 23.0 Å². The fraction of sp³-hybridized carbons (Fsp3) is 0.174. The van der Waals surface area contributed by atoms with Gasteiger partial charge in [-0.15, -0.1) is 18.1 Å². The molecule has 3 aromatic rings. The Morgan fingerprint density at radius 3 is 2.19 bits per heavy atom. The molecule has 0 radical (unpaired) electrons. The van der Waals surface area contributed by atoms with Gasteiger partial charge in [-0.3, -0.25) is 0 Å². The molecule has 0 aliphatic heterocycles. The van der Waals surface area contributed by atoms with Gasteiger partial charge in [0.15, 0.2) is 0 Å². The molecule has 0 saturated heterocycles. The van der Waals surface area contributed by atoms with Crippen LogP contribution >= 0.6 is 12.6 Å². The Morgan fingerprint density at radius 2 is 1.61 bits per heavy atom. The van der Waals surface area contributed by atoms with E-state index >= 15 is 0 Å². The Hall–Kier alpha value is -2.87. The first-order chi connectivity index (χ1) is 14.8. The topological polar surface area (TPSA) is 38.3 Å². The summed E-state index contributed by atoms with van der Waals surface area (Å²) in [5.74, 6) is -0.0832. The first-order valence-corrected chi connectivity index (χ1v) is 10.3. The maximum atomic E-state index is 13.1. The van der Waals surface area contributed by atoms with E-state index in [-0.39, 0.29) is 24.0 Å². The smallest absolute Gasteiger partial charge is 0.449 e. The van der Waals surface area contributed by atoms with Crippen LogP contribution in [0.1, 0.15) is 28.2 Å². The highest BCUT2D eigenvalue weighted by Crippen LogP contribution is 2.44. The zero-order chi connectivity index (χ0) is 22.2. The van der Waals surface area contributed by atoms with Crippen LogP contribution in [0.5, 0.6) is 0 Å². The predicted molar refractivity (Wildman–Crippen MR) is 119 cm³/mol. The Kier molecular flexibility index (Phi) is 5.75. The molecule has 1 amide bonds. The van der Waals surface area contributed by atoms with E-state index in [1.807, 2.05) is 48.5 Å². The minimum absolute atomic E-state index is 0.0733. The van der Waals surface area contributed by atoms with Crippen LogP contribution in [0.4, 0.5) is 17.7 Å². The second-order valence-electron chi connectivity index (χ2n) is 7.58. The van der Waals surface area contributed by atoms with Crippen LogP contribution < -0.4 is 10.8 Å². The number of hydrogen-bond donors (Lipinski definition) is 2. The predicted octanol–water partition coefficient (Wildman–Crippen LogP) is 5.38. The van der Waals surface area contributed by atoms with Gasteiger partial charge in [0.1, 0.15) is 6.61 Å². The maximum Gasteiger partial charge on any atom is 0.509 e. The van der Waals surface area contributed by atoms with Gasteiger partial charge in [0.05, 0.1) is 0 Å². The van der Waals surface area contributed by atoms with E-state index in [0.29, 0.717) is 11.1 Å². The first-order valence-electron chi connectivity index (χ1n) is 9.87. The third kappa shape index (κ3) is 4.30. The number of hydrogen-bond acceptors (Lipinski definition) is 3. The number of alkyl carbamates (subject to hydrolysis) is 1. The standard InChI is InChI=1S/C23H20BF3NO2S/c1-14-15(10-16(11-22(14)31)24(25,26)27)12-28-23(29)30-13-21-19-8-4-2-6-17(19)18-7-3-5-9-20(18)21/h2-11,21,31H,12-13H2,1H3,(H,28,29)/q-1. The summed E-state index contributed by atoms with van der Waals surface area (Å²) in [5, 5.41) is 2.56. The van der Waals surface area contributed by atoms with E-state index in [1.165, 1.54) is 0 Å². The van der Waals surface area contributed by atoms with Crippen molar-refractivity contribution in [1.82, 2.24) is 5.32 Å². The molecule has 3 nitrogen and oxygen atoms in total. The van der Waals surface area contributed by atoms with Crippen LogP contribution in [0.25, 0.3) is 11.1 Å². The Labute approximate surface area is 184 Å². The number of fused-ring (bicyclic) bond motifs is 3. The minimum Gasteiger partial charge on any atom is -0.449 e. The number of carbonyl (C=O) groups is 1. The molecule has 3 aromatic carbocycles. The third-order valence-corrected chi connectivity index (χ3v) is 6.12. The van der Waals surface area contributed by atoms with E-state index in [2.05, 4.69) is 17.9 Å². The monoisotopic (exact) mass is 442 g/mol. The van der Waals surface area contributed by atoms with Crippen LogP contribution in [-0.2, 0) is 11.3 Å². The number of rotatable bonds is 5. The van der Waals surface area contributed by atoms with Gasteiger partial charge >= 0.3 is 13.1 Å². The Morgan fingerprint density at radius 1 is 1.03 bits per heavy atom. The summed E-state index contributed by atoms with van der Waals surface area (Å²) in [7, 11) is 0. The van der Waals surface area contributed by atoms with E-state index in [0.717, 1.165) is 34.4 Å². The minimum atomic E-state index is -5.15. The summed E-state index contributed by atoms with van der Waals surface area (Å²) in [5.41, 5.74) is 4.63. The van der Waals surface area contributed by atoms with Crippen molar-refractivity contribution in [1.29, 1.82) is 0 Å². The molecule has 1 N–H and O–H groups in total. The van der Waals surface area contributed by atoms with E-state index in [1.54, 1.807) is 6.92 Å². The molecule has 1 aliphatic rings. The lowest BCUT2D eigenvalue weighted by Gasteiger charge is -2.19. The molecule has 4 rings (SSSR count). The van der Waals surface area contributed by atoms with Crippen molar-refractivity contribution in [3.8, 4) is 11.1 Å². The average molecular weight is 442 g/mol. The zero-order valence-corrected chi connectivity index (χ0v) is 17.6. The quantitative estimate of drug-likeness (QED) is 0.412. The van der Waals surface area contributed by atoms with Crippen LogP contribution in [0.2, 0.25) is 0 Å². The second kappa shape index (κ2) is 8.34. The molecule has 0 fully saturated rings. The summed E-state index contributed by atoms with van der Waals surface area (Å²) < 4.78 is 44.8. The second-order valence-corrected chi connectivity index (χ2v) is 8.06. The van der Waals surface area contributed by atoms with E-state index in [9.17, 15) is 17.7 Å². The van der Waals surface area contributed by atoms with E-state index < -0.39 is 18.5 Å². The Balaban J connectivity index is 1.44. The van der Waals surface area contributed by atoms with Crippen molar-refractivity contribution in [3.63, 3.8) is 0 Å². The number of halogens is 3. The number of ether oxygens (including phenoxy) is 1. The molecule has 0 spiro atoms. The number of nitrogens with one attached hydrogen (secondary N) is 1. The summed E-state index contributed by atoms with van der Waals surface area (Å²) in [4.78, 5) is 12.5. The van der Waals surface area contributed by atoms with Crippen molar-refractivity contribution >= 4 is 31.2 Å². The lowest BCUT2D eigenvalue weighted by Crippen LogP contribution is -2.35. The summed E-state index contributed by atoms with van der Waals surface area (Å²) in [6, 6.07) is 18.0. The van der Waals surface area contributed by atoms with Crippen LogP contribution in [-0.4, -0.2) is 19.7 Å². The highest BCUT2D eigenvalue weighted by atomic mass is 32.1. The van der Waals surface area contributed by atoms with Crippen molar-refractivity contribution in [3.05, 3.63) is 82.9 Å². The van der Waals surface area contributed by atoms with Crippen molar-refractivity contribution in [2.24, 2.45) is 0 Å². The summed E-state index contributed by atoms with van der Waals surface area (Å²) in [6.07, 6.45) is -0.676. The molecule has 0 bridgehead atoms. The van der Waals surface area contributed by atoms with Gasteiger partial charge in [0.25, 0.3) is 0 Å². The lowest BCUT2D eigenvalue weighted by molar-refractivity contribution is 0.142. The lowest BCUT2D eigenvalue weighted by atomic mass is 9.78. The summed E-state index contributed by atoms with van der Waals surface area (Å²) in [6.45, 7) is -3.41. The van der Waals surface area contributed by atoms with Gasteiger partial charge in [-0.25, -0.2) is 4.79 Å². The molecule has 1 aliphatic carbocycles. The fourth-order valence-corrected chi connectivity index (χ4v) is 4.26. The molecular formula is C23H20BF3NO2S-. The van der Waals surface area contributed by atoms with Gasteiger partial charge in [-0.2, -0.15) is 0 Å². The molecule has 160 valence electrons. The van der Waals surface area contributed by atoms with Gasteiger partial charge in [0.2, 0.25) is 0 Å². The van der Waals surface area contributed by atoms with Crippen molar-refractivity contribution in [2.45, 2.75) is 24.3 Å². The number of carbonyl (C=O) groups excluding carboxylic acids is 1. The molecule has 8 heteroatoms. The van der Waals surface area contributed by atoms with Crippen LogP contribution in [0.15, 0.2) is 65.6 Å². The zero-order valence-electron chi connectivity index (χ0n) is 16.7. The van der Waals surface area contributed by atoms with Gasteiger partial charge in [-0.05, 0) is 40.3 Å². The van der Waals surface area contributed by atoms with Gasteiger partial charge in [0, 0.05) is 17.4 Å². The van der Waals surface area contributed by atoms with Crippen LogP contribution in [0.3, 0.4) is 0 Å². The molecule has 0 aromatic heterocycles. The maximum absolute atomic E-state index is 13.1. The van der Waals surface area contributed by atoms with Crippen LogP contribution in [0, 0.1) is 6.92 Å². The third-order valence-electron chi connectivity index (χ3n) is 5.65. The summed E-state index contributed by atoms with van der Waals surface area (Å²) >= 11 is 4.13. The normalized spacial score (nSPS) is 12.9. The largest absolute Gasteiger partial charge is 0.509 e. The number of benzene rings is 3. The van der Waals surface area contributed by atoms with Crippen molar-refractivity contribution < 1.29 is 22.5 Å². The van der Waals surface area contributed by atoms with E-state index in [4.69, 9.17) is 4.74 Å². The number of amides is 1. The molecule has 31 heavy (non-hydrogen) atoms. The molecular weight excluding hydrogens is 422 g/mol. The molecule has 0 atom stereocenters. The number of thiol groups is 1. The highest BCUT2D eigenvalue weighted by Gasteiger charge is 2.29. The van der Waals surface area contributed by atoms with Crippen molar-refractivity contribution in [2.75, 3.05) is 6.61 Å². The SMILES string of the molecule is Cc1c(S)cc([B-](F)(F)F)cc1CNC(=O)OCC1c2ccccc2-c2ccccc21. The molecule has 0 saturated carbocycles. The Bertz CT molecular complexity index is 1100. The van der Waals surface area contributed by atoms with Gasteiger partial charge in [-0.1, -0.05) is 60.7 Å². The highest BCUT2D eigenvalue weighted by molar-refractivity contribution is 7.80. The average Bonchev–Trinajstić information content (AvgIpc) is 3.06. The molecule has 0 heterocycles. The first kappa shape index (κ1) is 21.4. The molecule has 0 unspecified atom stereocenters. The fourth-order valence-electron chi connectivity index (χ4n) is 3.97.